The number of aromatic nitrogens is 4. The number of nitrogens with one attached hydrogen (secondary N) is 4. The molecule has 3 fully saturated rings. The minimum atomic E-state index is -0.774. The molecule has 2 aromatic heterocycles. The standard InChI is InChI=1S/C45H52N8O7S/c1-26(2)37(51-44(57)60-5)41(55)53-25-45(15-16-45)22-36(53)38-46-24-35(48-38)32-13-12-30-20-29(10-11-31(30)21-32)27-6-8-28(9-7-27)34-23-47-39(49-34)42-52(17-19-61-42)40(54)33(14-18-58-3)50-43(56)59-4/h6-13,20-21,23-24,26,33,36-37,42H,14-19,22,25H2,1-5H3,(H,46,48)(H,47,49)(H,50,56)(H,51,57)/t33-,36-,37?,42-/m0/s1. The Morgan fingerprint density at radius 3 is 2.07 bits per heavy atom. The highest BCUT2D eigenvalue weighted by Crippen LogP contribution is 2.58. The number of carbonyl (C=O) groups is 4. The van der Waals surface area contributed by atoms with Gasteiger partial charge in [-0.05, 0) is 70.2 Å². The lowest BCUT2D eigenvalue weighted by molar-refractivity contribution is -0.136. The molecule has 4 heterocycles. The fourth-order valence-corrected chi connectivity index (χ4v) is 9.65. The molecule has 3 aliphatic rings. The van der Waals surface area contributed by atoms with E-state index in [0.717, 1.165) is 75.3 Å². The second-order valence-electron chi connectivity index (χ2n) is 16.5. The van der Waals surface area contributed by atoms with Crippen molar-refractivity contribution in [2.24, 2.45) is 11.3 Å². The lowest BCUT2D eigenvalue weighted by Crippen LogP contribution is -2.51. The minimum absolute atomic E-state index is 0.108. The lowest BCUT2D eigenvalue weighted by Gasteiger charge is -2.30. The van der Waals surface area contributed by atoms with E-state index in [0.29, 0.717) is 31.9 Å². The number of hydrogen-bond donors (Lipinski definition) is 4. The van der Waals surface area contributed by atoms with Crippen LogP contribution < -0.4 is 10.6 Å². The van der Waals surface area contributed by atoms with Gasteiger partial charge >= 0.3 is 12.2 Å². The zero-order valence-electron chi connectivity index (χ0n) is 35.0. The molecule has 3 aromatic carbocycles. The van der Waals surface area contributed by atoms with Gasteiger partial charge in [-0.2, -0.15) is 0 Å². The number of hydrogen-bond acceptors (Lipinski definition) is 10. The van der Waals surface area contributed by atoms with Crippen LogP contribution in [0.3, 0.4) is 0 Å². The minimum Gasteiger partial charge on any atom is -0.453 e. The topological polar surface area (TPSA) is 184 Å². The normalized spacial score (nSPS) is 19.0. The first-order valence-electron chi connectivity index (χ1n) is 20.6. The fraction of sp³-hybridized carbons (Fsp3) is 0.422. The highest BCUT2D eigenvalue weighted by Gasteiger charge is 2.55. The molecule has 1 spiro atoms. The van der Waals surface area contributed by atoms with Crippen molar-refractivity contribution in [3.8, 4) is 33.6 Å². The number of nitrogens with zero attached hydrogens (tertiary/aromatic N) is 4. The molecule has 2 saturated heterocycles. The molecule has 4 amide bonds. The molecular formula is C45H52N8O7S. The highest BCUT2D eigenvalue weighted by molar-refractivity contribution is 7.99. The predicted molar refractivity (Wildman–Crippen MR) is 232 cm³/mol. The lowest BCUT2D eigenvalue weighted by atomic mass is 9.98. The van der Waals surface area contributed by atoms with E-state index in [9.17, 15) is 19.2 Å². The summed E-state index contributed by atoms with van der Waals surface area (Å²) in [6.07, 6.45) is 5.69. The number of thioether (sulfide) groups is 1. The summed E-state index contributed by atoms with van der Waals surface area (Å²) < 4.78 is 14.7. The van der Waals surface area contributed by atoms with Crippen molar-refractivity contribution in [3.63, 3.8) is 0 Å². The Hall–Kier alpha value is -5.87. The van der Waals surface area contributed by atoms with Gasteiger partial charge in [-0.15, -0.1) is 11.8 Å². The smallest absolute Gasteiger partial charge is 0.407 e. The Bertz CT molecular complexity index is 2410. The van der Waals surface area contributed by atoms with Crippen LogP contribution in [0.2, 0.25) is 0 Å². The average molecular weight is 849 g/mol. The third-order valence-electron chi connectivity index (χ3n) is 12.1. The largest absolute Gasteiger partial charge is 0.453 e. The second-order valence-corrected chi connectivity index (χ2v) is 17.7. The summed E-state index contributed by atoms with van der Waals surface area (Å²) in [5, 5.41) is 7.27. The number of fused-ring (bicyclic) bond motifs is 1. The molecule has 61 heavy (non-hydrogen) atoms. The first-order chi connectivity index (χ1) is 29.5. The van der Waals surface area contributed by atoms with Crippen molar-refractivity contribution in [2.45, 2.75) is 63.0 Å². The van der Waals surface area contributed by atoms with Crippen LogP contribution in [0.25, 0.3) is 44.4 Å². The number of ether oxygens (including phenoxy) is 3. The van der Waals surface area contributed by atoms with Crippen LogP contribution in [0.4, 0.5) is 9.59 Å². The van der Waals surface area contributed by atoms with Crippen LogP contribution in [-0.2, 0) is 23.8 Å². The van der Waals surface area contributed by atoms with Crippen molar-refractivity contribution in [1.29, 1.82) is 0 Å². The van der Waals surface area contributed by atoms with E-state index in [1.54, 1.807) is 30.0 Å². The van der Waals surface area contributed by atoms with E-state index in [-0.39, 0.29) is 34.6 Å². The highest BCUT2D eigenvalue weighted by atomic mass is 32.2. The monoisotopic (exact) mass is 848 g/mol. The Morgan fingerprint density at radius 1 is 0.787 bits per heavy atom. The summed E-state index contributed by atoms with van der Waals surface area (Å²) in [5.74, 6) is 1.75. The molecule has 1 unspecified atom stereocenters. The number of amides is 4. The second kappa shape index (κ2) is 17.6. The third kappa shape index (κ3) is 8.82. The number of carbonyl (C=O) groups excluding carboxylic acids is 4. The summed E-state index contributed by atoms with van der Waals surface area (Å²) in [6.45, 7) is 5.35. The first kappa shape index (κ1) is 41.8. The van der Waals surface area contributed by atoms with E-state index < -0.39 is 24.3 Å². The molecule has 16 heteroatoms. The van der Waals surface area contributed by atoms with Crippen LogP contribution >= 0.6 is 11.8 Å². The van der Waals surface area contributed by atoms with Crippen molar-refractivity contribution in [2.75, 3.05) is 46.8 Å². The first-order valence-corrected chi connectivity index (χ1v) is 21.7. The number of imidazole rings is 2. The van der Waals surface area contributed by atoms with Crippen LogP contribution in [0.15, 0.2) is 73.1 Å². The van der Waals surface area contributed by atoms with E-state index in [1.807, 2.05) is 24.9 Å². The van der Waals surface area contributed by atoms with Gasteiger partial charge in [0.05, 0.1) is 44.0 Å². The van der Waals surface area contributed by atoms with Crippen molar-refractivity contribution < 1.29 is 33.4 Å². The van der Waals surface area contributed by atoms with Crippen molar-refractivity contribution in [3.05, 3.63) is 84.7 Å². The number of rotatable bonds is 13. The molecule has 2 aliphatic heterocycles. The van der Waals surface area contributed by atoms with Crippen LogP contribution in [0, 0.1) is 11.3 Å². The van der Waals surface area contributed by atoms with Gasteiger partial charge in [-0.25, -0.2) is 19.6 Å². The molecular weight excluding hydrogens is 797 g/mol. The van der Waals surface area contributed by atoms with Gasteiger partial charge in [-0.1, -0.05) is 62.4 Å². The molecule has 320 valence electrons. The fourth-order valence-electron chi connectivity index (χ4n) is 8.46. The molecule has 8 rings (SSSR count). The molecule has 4 N–H and O–H groups in total. The number of likely N-dealkylation sites (tertiary alicyclic amines) is 1. The van der Waals surface area contributed by atoms with Gasteiger partial charge in [0, 0.05) is 44.5 Å². The van der Waals surface area contributed by atoms with E-state index in [4.69, 9.17) is 19.2 Å². The number of alkyl carbamates (subject to hydrolysis) is 2. The van der Waals surface area contributed by atoms with Crippen molar-refractivity contribution >= 4 is 46.5 Å². The Labute approximate surface area is 358 Å². The Kier molecular flexibility index (Phi) is 12.1. The molecule has 0 bridgehead atoms. The Balaban J connectivity index is 0.946. The maximum Gasteiger partial charge on any atom is 0.407 e. The quantitative estimate of drug-likeness (QED) is 0.0958. The predicted octanol–water partition coefficient (Wildman–Crippen LogP) is 7.06. The zero-order valence-corrected chi connectivity index (χ0v) is 35.8. The van der Waals surface area contributed by atoms with E-state index in [1.165, 1.54) is 14.2 Å². The number of methoxy groups -OCH3 is 3. The summed E-state index contributed by atoms with van der Waals surface area (Å²) in [6, 6.07) is 19.4. The summed E-state index contributed by atoms with van der Waals surface area (Å²) in [7, 11) is 4.13. The SMILES string of the molecule is COCC[C@H](NC(=O)OC)C(=O)N1CCS[C@H]1c1ncc(-c2ccc(-c3ccc4cc(-c5cnc([C@@H]6CC7(CC7)CN6C(=O)C(NC(=O)OC)C(C)C)[nH]5)ccc4c3)cc2)[nH]1. The summed E-state index contributed by atoms with van der Waals surface area (Å²) in [4.78, 5) is 71.7. The molecule has 5 aromatic rings. The Morgan fingerprint density at radius 2 is 1.39 bits per heavy atom. The van der Waals surface area contributed by atoms with Crippen LogP contribution in [0.1, 0.15) is 62.6 Å². The third-order valence-corrected chi connectivity index (χ3v) is 13.3. The maximum atomic E-state index is 13.9. The number of benzene rings is 3. The van der Waals surface area contributed by atoms with Gasteiger partial charge in [0.2, 0.25) is 11.8 Å². The molecule has 0 radical (unpaired) electrons. The number of aromatic amines is 2. The van der Waals surface area contributed by atoms with Crippen molar-refractivity contribution in [1.82, 2.24) is 40.4 Å². The van der Waals surface area contributed by atoms with Gasteiger partial charge in [0.15, 0.2) is 0 Å². The van der Waals surface area contributed by atoms with E-state index >= 15 is 0 Å². The van der Waals surface area contributed by atoms with Gasteiger partial charge in [-0.3, -0.25) is 9.59 Å². The summed E-state index contributed by atoms with van der Waals surface area (Å²) >= 11 is 1.62. The van der Waals surface area contributed by atoms with Gasteiger partial charge in [0.1, 0.15) is 29.1 Å². The molecule has 4 atom stereocenters. The van der Waals surface area contributed by atoms with E-state index in [2.05, 4.69) is 86.2 Å². The molecule has 1 saturated carbocycles. The van der Waals surface area contributed by atoms with Gasteiger partial charge < -0.3 is 44.6 Å². The number of H-pyrrole nitrogens is 2. The zero-order chi connectivity index (χ0) is 42.8. The van der Waals surface area contributed by atoms with Gasteiger partial charge in [0.25, 0.3) is 0 Å². The maximum absolute atomic E-state index is 13.9. The summed E-state index contributed by atoms with van der Waals surface area (Å²) in [5.41, 5.74) is 5.96. The van der Waals surface area contributed by atoms with Crippen LogP contribution in [0.5, 0.6) is 0 Å². The molecule has 15 nitrogen and oxygen atoms in total. The van der Waals surface area contributed by atoms with Crippen LogP contribution in [-0.4, -0.2) is 113 Å². The molecule has 1 aliphatic carbocycles. The average Bonchev–Trinajstić information content (AvgIpc) is 3.81.